The van der Waals surface area contributed by atoms with Crippen molar-refractivity contribution >= 4 is 40.8 Å². The van der Waals surface area contributed by atoms with Crippen LogP contribution in [0.2, 0.25) is 5.02 Å². The SMILES string of the molecule is COC(=O)c1c(OCc2ccccc2)c(C=N)c(Nc2ccc(Cl)cc2)c2ncnn12. The van der Waals surface area contributed by atoms with Gasteiger partial charge in [-0.2, -0.15) is 5.10 Å². The zero-order valence-electron chi connectivity index (χ0n) is 16.5. The summed E-state index contributed by atoms with van der Waals surface area (Å²) in [6, 6.07) is 16.6. The van der Waals surface area contributed by atoms with Crippen LogP contribution in [0, 0.1) is 5.41 Å². The first kappa shape index (κ1) is 20.4. The fourth-order valence-electron chi connectivity index (χ4n) is 3.12. The predicted molar refractivity (Wildman–Crippen MR) is 118 cm³/mol. The van der Waals surface area contributed by atoms with E-state index in [0.29, 0.717) is 21.9 Å². The second-order valence-corrected chi connectivity index (χ2v) is 6.94. The molecule has 0 aliphatic heterocycles. The Morgan fingerprint density at radius 3 is 2.61 bits per heavy atom. The largest absolute Gasteiger partial charge is 0.486 e. The van der Waals surface area contributed by atoms with Gasteiger partial charge >= 0.3 is 5.97 Å². The lowest BCUT2D eigenvalue weighted by atomic mass is 10.1. The first-order valence-electron chi connectivity index (χ1n) is 9.30. The van der Waals surface area contributed by atoms with E-state index in [0.717, 1.165) is 17.5 Å². The number of halogens is 1. The van der Waals surface area contributed by atoms with E-state index in [1.165, 1.54) is 18.0 Å². The van der Waals surface area contributed by atoms with Gasteiger partial charge in [0.05, 0.1) is 18.4 Å². The number of pyridine rings is 1. The summed E-state index contributed by atoms with van der Waals surface area (Å²) in [5, 5.41) is 16.1. The van der Waals surface area contributed by atoms with Crippen LogP contribution in [0.25, 0.3) is 5.65 Å². The van der Waals surface area contributed by atoms with E-state index in [2.05, 4.69) is 15.4 Å². The number of ether oxygens (including phenoxy) is 2. The van der Waals surface area contributed by atoms with Crippen LogP contribution in [0.3, 0.4) is 0 Å². The highest BCUT2D eigenvalue weighted by Crippen LogP contribution is 2.35. The molecule has 0 spiro atoms. The smallest absolute Gasteiger partial charge is 0.360 e. The number of anilines is 2. The number of fused-ring (bicyclic) bond motifs is 1. The Labute approximate surface area is 182 Å². The molecule has 0 amide bonds. The first-order valence-corrected chi connectivity index (χ1v) is 9.68. The molecule has 0 radical (unpaired) electrons. The molecule has 8 nitrogen and oxygen atoms in total. The van der Waals surface area contributed by atoms with Crippen molar-refractivity contribution < 1.29 is 14.3 Å². The van der Waals surface area contributed by atoms with Gasteiger partial charge in [-0.15, -0.1) is 0 Å². The number of rotatable bonds is 7. The summed E-state index contributed by atoms with van der Waals surface area (Å²) in [5.41, 5.74) is 2.82. The zero-order chi connectivity index (χ0) is 21.8. The van der Waals surface area contributed by atoms with Gasteiger partial charge < -0.3 is 20.2 Å². The molecular weight excluding hydrogens is 418 g/mol. The Kier molecular flexibility index (Phi) is 5.81. The highest BCUT2D eigenvalue weighted by molar-refractivity contribution is 6.30. The minimum absolute atomic E-state index is 0.0473. The number of benzene rings is 2. The highest BCUT2D eigenvalue weighted by atomic mass is 35.5. The molecule has 2 N–H and O–H groups in total. The minimum Gasteiger partial charge on any atom is -0.486 e. The first-order chi connectivity index (χ1) is 15.1. The number of aromatic nitrogens is 3. The van der Waals surface area contributed by atoms with Gasteiger partial charge in [-0.25, -0.2) is 14.3 Å². The van der Waals surface area contributed by atoms with Crippen molar-refractivity contribution in [3.05, 3.63) is 82.8 Å². The summed E-state index contributed by atoms with van der Waals surface area (Å²) in [5.74, 6) is -0.486. The highest BCUT2D eigenvalue weighted by Gasteiger charge is 2.27. The number of carbonyl (C=O) groups excluding carboxylic acids is 1. The van der Waals surface area contributed by atoms with Gasteiger partial charge in [0.25, 0.3) is 0 Å². The van der Waals surface area contributed by atoms with Crippen molar-refractivity contribution in [3.63, 3.8) is 0 Å². The lowest BCUT2D eigenvalue weighted by Crippen LogP contribution is -2.16. The van der Waals surface area contributed by atoms with Gasteiger partial charge in [0, 0.05) is 16.9 Å². The summed E-state index contributed by atoms with van der Waals surface area (Å²) in [6.07, 6.45) is 2.43. The Hall–Kier alpha value is -3.91. The van der Waals surface area contributed by atoms with Crippen LogP contribution in [-0.4, -0.2) is 33.9 Å². The van der Waals surface area contributed by atoms with E-state index >= 15 is 0 Å². The molecular formula is C22H18ClN5O3. The Balaban J connectivity index is 1.88. The van der Waals surface area contributed by atoms with Gasteiger partial charge in [0.15, 0.2) is 17.1 Å². The lowest BCUT2D eigenvalue weighted by Gasteiger charge is -2.18. The van der Waals surface area contributed by atoms with Crippen molar-refractivity contribution in [2.45, 2.75) is 6.61 Å². The number of hydrogen-bond acceptors (Lipinski definition) is 7. The molecule has 0 aliphatic carbocycles. The van der Waals surface area contributed by atoms with E-state index in [1.54, 1.807) is 24.3 Å². The van der Waals surface area contributed by atoms with Gasteiger partial charge in [0.1, 0.15) is 12.9 Å². The Morgan fingerprint density at radius 1 is 1.19 bits per heavy atom. The van der Waals surface area contributed by atoms with Crippen molar-refractivity contribution in [1.82, 2.24) is 14.6 Å². The van der Waals surface area contributed by atoms with Crippen molar-refractivity contribution in [2.24, 2.45) is 0 Å². The number of hydrogen-bond donors (Lipinski definition) is 2. The molecule has 9 heteroatoms. The van der Waals surface area contributed by atoms with Crippen LogP contribution in [-0.2, 0) is 11.3 Å². The lowest BCUT2D eigenvalue weighted by molar-refractivity contribution is 0.0585. The number of carbonyl (C=O) groups is 1. The summed E-state index contributed by atoms with van der Waals surface area (Å²) in [4.78, 5) is 16.9. The predicted octanol–water partition coefficient (Wildman–Crippen LogP) is 4.49. The van der Waals surface area contributed by atoms with Gasteiger partial charge in [-0.1, -0.05) is 41.9 Å². The number of esters is 1. The molecule has 4 rings (SSSR count). The van der Waals surface area contributed by atoms with Crippen LogP contribution in [0.15, 0.2) is 60.9 Å². The summed E-state index contributed by atoms with van der Waals surface area (Å²) < 4.78 is 12.3. The van der Waals surface area contributed by atoms with Gasteiger partial charge in [-0.05, 0) is 29.8 Å². The molecule has 2 aromatic carbocycles. The third kappa shape index (κ3) is 4.06. The quantitative estimate of drug-likeness (QED) is 0.327. The Morgan fingerprint density at radius 2 is 1.94 bits per heavy atom. The molecule has 0 aliphatic rings. The van der Waals surface area contributed by atoms with E-state index in [4.69, 9.17) is 26.5 Å². The molecule has 0 fully saturated rings. The fraction of sp³-hybridized carbons (Fsp3) is 0.0909. The van der Waals surface area contributed by atoms with E-state index in [1.807, 2.05) is 30.3 Å². The second-order valence-electron chi connectivity index (χ2n) is 6.50. The maximum atomic E-state index is 12.6. The third-order valence-corrected chi connectivity index (χ3v) is 4.83. The minimum atomic E-state index is -0.653. The topological polar surface area (TPSA) is 102 Å². The molecule has 2 aromatic heterocycles. The number of methoxy groups -OCH3 is 1. The fourth-order valence-corrected chi connectivity index (χ4v) is 3.25. The normalized spacial score (nSPS) is 10.6. The van der Waals surface area contributed by atoms with Crippen LogP contribution in [0.1, 0.15) is 21.6 Å². The van der Waals surface area contributed by atoms with E-state index < -0.39 is 5.97 Å². The maximum Gasteiger partial charge on any atom is 0.360 e. The van der Waals surface area contributed by atoms with Gasteiger partial charge in [-0.3, -0.25) is 0 Å². The molecule has 0 atom stereocenters. The van der Waals surface area contributed by atoms with Crippen LogP contribution in [0.5, 0.6) is 5.75 Å². The van der Waals surface area contributed by atoms with Crippen LogP contribution in [0.4, 0.5) is 11.4 Å². The molecule has 0 saturated heterocycles. The molecule has 31 heavy (non-hydrogen) atoms. The summed E-state index contributed by atoms with van der Waals surface area (Å²) in [7, 11) is 1.27. The average molecular weight is 436 g/mol. The molecule has 2 heterocycles. The van der Waals surface area contributed by atoms with Crippen molar-refractivity contribution in [1.29, 1.82) is 5.41 Å². The van der Waals surface area contributed by atoms with Crippen LogP contribution >= 0.6 is 11.6 Å². The van der Waals surface area contributed by atoms with Gasteiger partial charge in [0.2, 0.25) is 0 Å². The zero-order valence-corrected chi connectivity index (χ0v) is 17.3. The second kappa shape index (κ2) is 8.85. The van der Waals surface area contributed by atoms with E-state index in [-0.39, 0.29) is 18.1 Å². The number of nitrogens with zero attached hydrogens (tertiary/aromatic N) is 3. The molecule has 0 unspecified atom stereocenters. The monoisotopic (exact) mass is 435 g/mol. The average Bonchev–Trinajstić information content (AvgIpc) is 3.28. The van der Waals surface area contributed by atoms with E-state index in [9.17, 15) is 4.79 Å². The maximum absolute atomic E-state index is 12.6. The van der Waals surface area contributed by atoms with Crippen LogP contribution < -0.4 is 10.1 Å². The Bertz CT molecular complexity index is 1240. The summed E-state index contributed by atoms with van der Waals surface area (Å²) in [6.45, 7) is 0.187. The number of nitrogens with one attached hydrogen (secondary N) is 2. The summed E-state index contributed by atoms with van der Waals surface area (Å²) >= 11 is 5.99. The van der Waals surface area contributed by atoms with Crippen molar-refractivity contribution in [2.75, 3.05) is 12.4 Å². The molecule has 0 bridgehead atoms. The standard InChI is InChI=1S/C22H18ClN5O3/c1-30-22(29)19-20(31-12-14-5-3-2-4-6-14)17(11-24)18(21-25-13-26-28(19)21)27-16-9-7-15(23)8-10-16/h2-11,13,24,27H,12H2,1H3. The molecule has 0 saturated carbocycles. The molecule has 156 valence electrons. The van der Waals surface area contributed by atoms with Crippen molar-refractivity contribution in [3.8, 4) is 5.75 Å². The molecule has 4 aromatic rings. The third-order valence-electron chi connectivity index (χ3n) is 4.57.